The highest BCUT2D eigenvalue weighted by molar-refractivity contribution is 5.93. The molecule has 1 aliphatic heterocycles. The molecule has 1 amide bonds. The van der Waals surface area contributed by atoms with Crippen LogP contribution >= 0.6 is 0 Å². The first-order valence-electron chi connectivity index (χ1n) is 5.44. The van der Waals surface area contributed by atoms with Crippen molar-refractivity contribution in [2.45, 2.75) is 25.7 Å². The standard InChI is InChI=1S/C12H13F2NO/c13-9-5-4-6-10(12(9)14)15-8-3-1-2-7-11(15)16/h4-6H,1-3,7-8H2. The summed E-state index contributed by atoms with van der Waals surface area (Å²) in [6.45, 7) is 0.471. The van der Waals surface area contributed by atoms with Crippen LogP contribution in [-0.4, -0.2) is 12.5 Å². The summed E-state index contributed by atoms with van der Waals surface area (Å²) in [4.78, 5) is 13.1. The lowest BCUT2D eigenvalue weighted by Crippen LogP contribution is -2.31. The van der Waals surface area contributed by atoms with Gasteiger partial charge in [-0.05, 0) is 25.0 Å². The van der Waals surface area contributed by atoms with Crippen LogP contribution in [-0.2, 0) is 4.79 Å². The Labute approximate surface area is 92.9 Å². The zero-order valence-corrected chi connectivity index (χ0v) is 8.88. The highest BCUT2D eigenvalue weighted by atomic mass is 19.2. The van der Waals surface area contributed by atoms with E-state index in [0.717, 1.165) is 25.3 Å². The third-order valence-electron chi connectivity index (χ3n) is 2.80. The first-order valence-corrected chi connectivity index (χ1v) is 5.44. The van der Waals surface area contributed by atoms with Crippen molar-refractivity contribution in [3.05, 3.63) is 29.8 Å². The number of hydrogen-bond donors (Lipinski definition) is 0. The Balaban J connectivity index is 2.34. The molecule has 4 heteroatoms. The minimum Gasteiger partial charge on any atom is -0.310 e. The van der Waals surface area contributed by atoms with Crippen LogP contribution in [0, 0.1) is 11.6 Å². The molecule has 0 aromatic heterocycles. The van der Waals surface area contributed by atoms with Crippen molar-refractivity contribution in [1.82, 2.24) is 0 Å². The minimum atomic E-state index is -0.933. The van der Waals surface area contributed by atoms with Crippen molar-refractivity contribution in [1.29, 1.82) is 0 Å². The molecule has 16 heavy (non-hydrogen) atoms. The zero-order valence-electron chi connectivity index (χ0n) is 8.88. The third kappa shape index (κ3) is 2.05. The summed E-state index contributed by atoms with van der Waals surface area (Å²) in [6.07, 6.45) is 3.03. The maximum Gasteiger partial charge on any atom is 0.227 e. The smallest absolute Gasteiger partial charge is 0.227 e. The van der Waals surface area contributed by atoms with Gasteiger partial charge < -0.3 is 4.90 Å². The van der Waals surface area contributed by atoms with Crippen molar-refractivity contribution < 1.29 is 13.6 Å². The lowest BCUT2D eigenvalue weighted by atomic mass is 10.2. The van der Waals surface area contributed by atoms with Crippen LogP contribution in [0.25, 0.3) is 0 Å². The van der Waals surface area contributed by atoms with Crippen LogP contribution < -0.4 is 4.90 Å². The van der Waals surface area contributed by atoms with E-state index in [1.165, 1.54) is 17.0 Å². The molecule has 1 aliphatic rings. The summed E-state index contributed by atoms with van der Waals surface area (Å²) in [7, 11) is 0. The van der Waals surface area contributed by atoms with Crippen molar-refractivity contribution in [3.63, 3.8) is 0 Å². The summed E-state index contributed by atoms with van der Waals surface area (Å²) < 4.78 is 26.6. The SMILES string of the molecule is O=C1CCCCCN1c1cccc(F)c1F. The lowest BCUT2D eigenvalue weighted by molar-refractivity contribution is -0.118. The molecule has 0 saturated carbocycles. The second-order valence-electron chi connectivity index (χ2n) is 3.93. The van der Waals surface area contributed by atoms with Gasteiger partial charge in [0, 0.05) is 13.0 Å². The summed E-state index contributed by atoms with van der Waals surface area (Å²) in [5.74, 6) is -1.96. The molecule has 0 N–H and O–H groups in total. The number of carbonyl (C=O) groups is 1. The molecular formula is C12H13F2NO. The molecule has 0 spiro atoms. The maximum absolute atomic E-state index is 13.5. The van der Waals surface area contributed by atoms with E-state index in [1.807, 2.05) is 0 Å². The van der Waals surface area contributed by atoms with Crippen LogP contribution in [0.2, 0.25) is 0 Å². The van der Waals surface area contributed by atoms with Gasteiger partial charge in [0.05, 0.1) is 5.69 Å². The monoisotopic (exact) mass is 225 g/mol. The van der Waals surface area contributed by atoms with Gasteiger partial charge in [0.2, 0.25) is 5.91 Å². The van der Waals surface area contributed by atoms with Crippen molar-refractivity contribution >= 4 is 11.6 Å². The average Bonchev–Trinajstić information content (AvgIpc) is 2.47. The number of halogens is 2. The first-order chi connectivity index (χ1) is 7.70. The van der Waals surface area contributed by atoms with Crippen molar-refractivity contribution in [2.24, 2.45) is 0 Å². The van der Waals surface area contributed by atoms with Gasteiger partial charge in [0.15, 0.2) is 11.6 Å². The predicted molar refractivity (Wildman–Crippen MR) is 57.2 cm³/mol. The molecule has 2 nitrogen and oxygen atoms in total. The number of benzene rings is 1. The van der Waals surface area contributed by atoms with Crippen molar-refractivity contribution in [2.75, 3.05) is 11.4 Å². The van der Waals surface area contributed by atoms with Crippen LogP contribution in [0.5, 0.6) is 0 Å². The topological polar surface area (TPSA) is 20.3 Å². The van der Waals surface area contributed by atoms with Crippen LogP contribution in [0.3, 0.4) is 0 Å². The molecule has 0 aliphatic carbocycles. The van der Waals surface area contributed by atoms with E-state index in [9.17, 15) is 13.6 Å². The Kier molecular flexibility index (Phi) is 3.17. The van der Waals surface area contributed by atoms with Crippen LogP contribution in [0.15, 0.2) is 18.2 Å². The summed E-state index contributed by atoms with van der Waals surface area (Å²) in [6, 6.07) is 3.93. The summed E-state index contributed by atoms with van der Waals surface area (Å²) in [5, 5.41) is 0. The van der Waals surface area contributed by atoms with E-state index in [0.29, 0.717) is 13.0 Å². The molecule has 86 valence electrons. The minimum absolute atomic E-state index is 0.0619. The van der Waals surface area contributed by atoms with Crippen LogP contribution in [0.4, 0.5) is 14.5 Å². The van der Waals surface area contributed by atoms with Gasteiger partial charge in [-0.2, -0.15) is 0 Å². The number of carbonyl (C=O) groups excluding carboxylic acids is 1. The van der Waals surface area contributed by atoms with E-state index in [2.05, 4.69) is 0 Å². The van der Waals surface area contributed by atoms with Crippen molar-refractivity contribution in [3.8, 4) is 0 Å². The van der Waals surface area contributed by atoms with E-state index < -0.39 is 11.6 Å². The molecule has 0 radical (unpaired) electrons. The van der Waals surface area contributed by atoms with E-state index >= 15 is 0 Å². The number of nitrogens with zero attached hydrogens (tertiary/aromatic N) is 1. The molecule has 1 aromatic carbocycles. The Hall–Kier alpha value is -1.45. The van der Waals surface area contributed by atoms with Gasteiger partial charge in [-0.15, -0.1) is 0 Å². The zero-order chi connectivity index (χ0) is 11.5. The molecule has 1 saturated heterocycles. The highest BCUT2D eigenvalue weighted by Crippen LogP contribution is 2.24. The average molecular weight is 225 g/mol. The molecule has 1 fully saturated rings. The van der Waals surface area contributed by atoms with Gasteiger partial charge in [-0.3, -0.25) is 4.79 Å². The Morgan fingerprint density at radius 2 is 1.94 bits per heavy atom. The second-order valence-corrected chi connectivity index (χ2v) is 3.93. The van der Waals surface area contributed by atoms with E-state index in [-0.39, 0.29) is 11.6 Å². The number of anilines is 1. The van der Waals surface area contributed by atoms with Gasteiger partial charge >= 0.3 is 0 Å². The fourth-order valence-corrected chi connectivity index (χ4v) is 1.94. The summed E-state index contributed by atoms with van der Waals surface area (Å²) >= 11 is 0. The molecule has 0 bridgehead atoms. The van der Waals surface area contributed by atoms with E-state index in [1.54, 1.807) is 0 Å². The largest absolute Gasteiger partial charge is 0.310 e. The number of rotatable bonds is 1. The molecule has 1 heterocycles. The first kappa shape index (κ1) is 11.0. The Bertz CT molecular complexity index is 406. The quantitative estimate of drug-likeness (QED) is 0.719. The fourth-order valence-electron chi connectivity index (χ4n) is 1.94. The van der Waals surface area contributed by atoms with Gasteiger partial charge in [-0.1, -0.05) is 12.5 Å². The fraction of sp³-hybridized carbons (Fsp3) is 0.417. The molecule has 0 unspecified atom stereocenters. The predicted octanol–water partition coefficient (Wildman–Crippen LogP) is 2.87. The molecule has 0 atom stereocenters. The molecule has 1 aromatic rings. The number of amides is 1. The Morgan fingerprint density at radius 3 is 2.75 bits per heavy atom. The summed E-state index contributed by atoms with van der Waals surface area (Å²) in [5.41, 5.74) is 0.0619. The molecule has 2 rings (SSSR count). The van der Waals surface area contributed by atoms with E-state index in [4.69, 9.17) is 0 Å². The van der Waals surface area contributed by atoms with Gasteiger partial charge in [0.25, 0.3) is 0 Å². The third-order valence-corrected chi connectivity index (χ3v) is 2.80. The van der Waals surface area contributed by atoms with Gasteiger partial charge in [0.1, 0.15) is 0 Å². The lowest BCUT2D eigenvalue weighted by Gasteiger charge is -2.21. The second kappa shape index (κ2) is 4.60. The van der Waals surface area contributed by atoms with Crippen LogP contribution in [0.1, 0.15) is 25.7 Å². The Morgan fingerprint density at radius 1 is 1.12 bits per heavy atom. The molecular weight excluding hydrogens is 212 g/mol. The normalized spacial score (nSPS) is 17.4. The number of hydrogen-bond acceptors (Lipinski definition) is 1. The van der Waals surface area contributed by atoms with Gasteiger partial charge in [-0.25, -0.2) is 8.78 Å². The highest BCUT2D eigenvalue weighted by Gasteiger charge is 2.22. The maximum atomic E-state index is 13.5.